The van der Waals surface area contributed by atoms with E-state index >= 15 is 0 Å². The van der Waals surface area contributed by atoms with Crippen LogP contribution in [0, 0.1) is 0 Å². The monoisotopic (exact) mass is 308 g/mol. The Bertz CT molecular complexity index is 356. The molecule has 1 aromatic carbocycles. The van der Waals surface area contributed by atoms with Crippen molar-refractivity contribution in [1.82, 2.24) is 0 Å². The lowest BCUT2D eigenvalue weighted by molar-refractivity contribution is 0.0589. The smallest absolute Gasteiger partial charge is 0.0844 e. The Balaban J connectivity index is 2.19. The average Bonchev–Trinajstić information content (AvgIpc) is 2.70. The van der Waals surface area contributed by atoms with E-state index in [0.717, 1.165) is 28.8 Å². The highest BCUT2D eigenvalue weighted by Crippen LogP contribution is 2.37. The Hall–Kier alpha value is 0.240. The molecule has 1 heterocycles. The van der Waals surface area contributed by atoms with Crippen LogP contribution < -0.4 is 0 Å². The van der Waals surface area contributed by atoms with Crippen LogP contribution in [0.4, 0.5) is 0 Å². The Morgan fingerprint density at radius 1 is 1.33 bits per heavy atom. The molecule has 2 atom stereocenters. The molecule has 82 valence electrons. The molecule has 2 rings (SSSR count). The third-order valence-electron chi connectivity index (χ3n) is 2.58. The van der Waals surface area contributed by atoms with E-state index in [2.05, 4.69) is 15.9 Å². The van der Waals surface area contributed by atoms with Gasteiger partial charge >= 0.3 is 0 Å². The molecule has 1 aliphatic heterocycles. The molecule has 4 heteroatoms. The van der Waals surface area contributed by atoms with Crippen molar-refractivity contribution >= 4 is 39.1 Å². The van der Waals surface area contributed by atoms with Gasteiger partial charge in [0.05, 0.1) is 12.2 Å². The summed E-state index contributed by atoms with van der Waals surface area (Å²) in [6.07, 6.45) is 2.47. The molecule has 1 saturated heterocycles. The molecule has 1 aromatic rings. The van der Waals surface area contributed by atoms with Crippen molar-refractivity contribution in [3.8, 4) is 0 Å². The van der Waals surface area contributed by atoms with E-state index in [4.69, 9.17) is 27.9 Å². The molecule has 0 amide bonds. The number of rotatable bonds is 2. The van der Waals surface area contributed by atoms with Gasteiger partial charge in [-0.3, -0.25) is 0 Å². The summed E-state index contributed by atoms with van der Waals surface area (Å²) in [6.45, 7) is 0. The molecule has 0 saturated carbocycles. The highest BCUT2D eigenvalue weighted by atomic mass is 79.9. The maximum atomic E-state index is 6.12. The van der Waals surface area contributed by atoms with Gasteiger partial charge in [-0.25, -0.2) is 0 Å². The van der Waals surface area contributed by atoms with Crippen LogP contribution in [0.5, 0.6) is 0 Å². The zero-order valence-corrected chi connectivity index (χ0v) is 11.1. The molecule has 0 aromatic heterocycles. The average molecular weight is 310 g/mol. The zero-order valence-electron chi connectivity index (χ0n) is 8.05. The van der Waals surface area contributed by atoms with Crippen LogP contribution in [-0.4, -0.2) is 11.4 Å². The Labute approximate surface area is 108 Å². The summed E-state index contributed by atoms with van der Waals surface area (Å²) in [6, 6.07) is 5.51. The second-order valence-corrected chi connectivity index (χ2v) is 5.14. The summed E-state index contributed by atoms with van der Waals surface area (Å²) < 4.78 is 5.84. The number of halogens is 3. The van der Waals surface area contributed by atoms with Crippen LogP contribution in [0.2, 0.25) is 10.0 Å². The predicted molar refractivity (Wildman–Crippen MR) is 67.1 cm³/mol. The van der Waals surface area contributed by atoms with Gasteiger partial charge in [-0.1, -0.05) is 39.1 Å². The van der Waals surface area contributed by atoms with E-state index in [-0.39, 0.29) is 6.10 Å². The van der Waals surface area contributed by atoms with Gasteiger partial charge in [0.1, 0.15) is 0 Å². The molecule has 0 aliphatic carbocycles. The van der Waals surface area contributed by atoms with Gasteiger partial charge in [-0.2, -0.15) is 0 Å². The topological polar surface area (TPSA) is 9.23 Å². The minimum absolute atomic E-state index is 0.0961. The number of benzene rings is 1. The minimum atomic E-state index is 0.0961. The Kier molecular flexibility index (Phi) is 3.94. The first-order valence-corrected chi connectivity index (χ1v) is 6.75. The lowest BCUT2D eigenvalue weighted by Crippen LogP contribution is -2.07. The second-order valence-electron chi connectivity index (χ2n) is 3.64. The molecular weight excluding hydrogens is 299 g/mol. The molecule has 2 unspecified atom stereocenters. The van der Waals surface area contributed by atoms with Crippen molar-refractivity contribution in [2.45, 2.75) is 25.0 Å². The van der Waals surface area contributed by atoms with E-state index in [1.165, 1.54) is 0 Å². The molecule has 1 fully saturated rings. The summed E-state index contributed by atoms with van der Waals surface area (Å²) in [5.41, 5.74) is 1.01. The van der Waals surface area contributed by atoms with E-state index in [9.17, 15) is 0 Å². The SMILES string of the molecule is Clc1ccc(Cl)c(C2CCC(CBr)O2)c1. The molecule has 0 radical (unpaired) electrons. The summed E-state index contributed by atoms with van der Waals surface area (Å²) in [5.74, 6) is 0. The quantitative estimate of drug-likeness (QED) is 0.725. The maximum Gasteiger partial charge on any atom is 0.0844 e. The number of alkyl halides is 1. The molecule has 0 bridgehead atoms. The van der Waals surface area contributed by atoms with Crippen molar-refractivity contribution in [2.75, 3.05) is 5.33 Å². The predicted octanol–water partition coefficient (Wildman–Crippen LogP) is 4.61. The van der Waals surface area contributed by atoms with Gasteiger partial charge in [0, 0.05) is 20.9 Å². The number of ether oxygens (including phenoxy) is 1. The van der Waals surface area contributed by atoms with Crippen molar-refractivity contribution in [2.24, 2.45) is 0 Å². The van der Waals surface area contributed by atoms with E-state index in [0.29, 0.717) is 11.1 Å². The number of hydrogen-bond donors (Lipinski definition) is 0. The van der Waals surface area contributed by atoms with Gasteiger partial charge in [0.25, 0.3) is 0 Å². The van der Waals surface area contributed by atoms with E-state index in [1.807, 2.05) is 12.1 Å². The van der Waals surface area contributed by atoms with Crippen LogP contribution in [0.25, 0.3) is 0 Å². The normalized spacial score (nSPS) is 25.8. The fraction of sp³-hybridized carbons (Fsp3) is 0.455. The largest absolute Gasteiger partial charge is 0.369 e. The van der Waals surface area contributed by atoms with Gasteiger partial charge < -0.3 is 4.74 Å². The summed E-state index contributed by atoms with van der Waals surface area (Å²) >= 11 is 15.5. The fourth-order valence-electron chi connectivity index (χ4n) is 1.81. The zero-order chi connectivity index (χ0) is 10.8. The summed E-state index contributed by atoms with van der Waals surface area (Å²) in [4.78, 5) is 0. The first kappa shape index (κ1) is 11.7. The number of hydrogen-bond acceptors (Lipinski definition) is 1. The third kappa shape index (κ3) is 2.68. The Morgan fingerprint density at radius 3 is 2.80 bits per heavy atom. The molecular formula is C11H11BrCl2O. The van der Waals surface area contributed by atoms with Crippen LogP contribution in [0.15, 0.2) is 18.2 Å². The van der Waals surface area contributed by atoms with Crippen molar-refractivity contribution in [1.29, 1.82) is 0 Å². The van der Waals surface area contributed by atoms with Crippen molar-refractivity contribution in [3.05, 3.63) is 33.8 Å². The fourth-order valence-corrected chi connectivity index (χ4v) is 2.71. The maximum absolute atomic E-state index is 6.12. The van der Waals surface area contributed by atoms with Gasteiger partial charge in [0.2, 0.25) is 0 Å². The second kappa shape index (κ2) is 5.05. The van der Waals surface area contributed by atoms with Crippen LogP contribution >= 0.6 is 39.1 Å². The van der Waals surface area contributed by atoms with Crippen LogP contribution in [0.3, 0.4) is 0 Å². The standard InChI is InChI=1S/C11H11BrCl2O/c12-6-8-2-4-11(15-8)9-5-7(13)1-3-10(9)14/h1,3,5,8,11H,2,4,6H2. The van der Waals surface area contributed by atoms with Crippen LogP contribution in [-0.2, 0) is 4.74 Å². The van der Waals surface area contributed by atoms with Crippen molar-refractivity contribution < 1.29 is 4.74 Å². The van der Waals surface area contributed by atoms with E-state index < -0.39 is 0 Å². The molecule has 15 heavy (non-hydrogen) atoms. The van der Waals surface area contributed by atoms with Gasteiger partial charge in [-0.05, 0) is 31.0 Å². The lowest BCUT2D eigenvalue weighted by atomic mass is 10.1. The first-order chi connectivity index (χ1) is 7.20. The van der Waals surface area contributed by atoms with Crippen LogP contribution in [0.1, 0.15) is 24.5 Å². The summed E-state index contributed by atoms with van der Waals surface area (Å²) in [5, 5.41) is 2.32. The highest BCUT2D eigenvalue weighted by Gasteiger charge is 2.27. The lowest BCUT2D eigenvalue weighted by Gasteiger charge is -2.14. The first-order valence-electron chi connectivity index (χ1n) is 4.87. The third-order valence-corrected chi connectivity index (χ3v) is 3.89. The van der Waals surface area contributed by atoms with Crippen molar-refractivity contribution in [3.63, 3.8) is 0 Å². The Morgan fingerprint density at radius 2 is 2.13 bits per heavy atom. The van der Waals surface area contributed by atoms with Gasteiger partial charge in [-0.15, -0.1) is 0 Å². The highest BCUT2D eigenvalue weighted by molar-refractivity contribution is 9.09. The molecule has 1 nitrogen and oxygen atoms in total. The van der Waals surface area contributed by atoms with Gasteiger partial charge in [0.15, 0.2) is 0 Å². The molecule has 1 aliphatic rings. The summed E-state index contributed by atoms with van der Waals surface area (Å²) in [7, 11) is 0. The minimum Gasteiger partial charge on any atom is -0.369 e. The molecule has 0 spiro atoms. The molecule has 0 N–H and O–H groups in total. The van der Waals surface area contributed by atoms with E-state index in [1.54, 1.807) is 6.07 Å².